The van der Waals surface area contributed by atoms with E-state index in [2.05, 4.69) is 21.0 Å². The van der Waals surface area contributed by atoms with Crippen LogP contribution in [-0.2, 0) is 3.91 Å². The van der Waals surface area contributed by atoms with Gasteiger partial charge in [0, 0.05) is 12.1 Å². The molecule has 0 saturated carbocycles. The molecule has 1 aromatic rings. The highest BCUT2D eigenvalue weighted by atomic mass is 79.9. The second-order valence-electron chi connectivity index (χ2n) is 3.14. The smallest absolute Gasteiger partial charge is 0.192 e. The second kappa shape index (κ2) is 3.38. The normalized spacial score (nSPS) is 16.5. The molecule has 0 N–H and O–H groups in total. The summed E-state index contributed by atoms with van der Waals surface area (Å²) in [6.45, 7) is 6.02. The van der Waals surface area contributed by atoms with Gasteiger partial charge >= 0.3 is 0 Å². The predicted molar refractivity (Wildman–Crippen MR) is 54.6 cm³/mol. The number of aromatic nitrogens is 2. The van der Waals surface area contributed by atoms with E-state index in [1.165, 1.54) is 0 Å². The minimum Gasteiger partial charge on any atom is -0.241 e. The first-order valence-electron chi connectivity index (χ1n) is 3.85. The Morgan fingerprint density at radius 1 is 1.67 bits per heavy atom. The van der Waals surface area contributed by atoms with Crippen LogP contribution in [0.4, 0.5) is 0 Å². The van der Waals surface area contributed by atoms with Gasteiger partial charge in [0.05, 0.1) is 5.69 Å². The van der Waals surface area contributed by atoms with Crippen molar-refractivity contribution in [3.8, 4) is 0 Å². The lowest BCUT2D eigenvalue weighted by Gasteiger charge is -2.24. The number of alkyl halides is 2. The molecule has 0 amide bonds. The summed E-state index contributed by atoms with van der Waals surface area (Å²) >= 11 is 9.66. The highest BCUT2D eigenvalue weighted by molar-refractivity contribution is 9.10. The number of aryl methyl sites for hydroxylation is 1. The van der Waals surface area contributed by atoms with Crippen LogP contribution >= 0.6 is 27.5 Å². The summed E-state index contributed by atoms with van der Waals surface area (Å²) in [6, 6.07) is 1.93. The van der Waals surface area contributed by atoms with Gasteiger partial charge in [-0.1, -0.05) is 25.4 Å². The third-order valence-electron chi connectivity index (χ3n) is 1.72. The minimum atomic E-state index is -0.596. The Hall–Kier alpha value is -0.0200. The van der Waals surface area contributed by atoms with Crippen molar-refractivity contribution in [3.05, 3.63) is 18.0 Å². The predicted octanol–water partition coefficient (Wildman–Crippen LogP) is 3.09. The second-order valence-corrected chi connectivity index (χ2v) is 5.39. The molecule has 0 radical (unpaired) electrons. The zero-order valence-electron chi connectivity index (χ0n) is 7.38. The molecule has 0 spiro atoms. The van der Waals surface area contributed by atoms with E-state index in [1.807, 2.05) is 33.0 Å². The number of hydrogen-bond acceptors (Lipinski definition) is 1. The van der Waals surface area contributed by atoms with Crippen molar-refractivity contribution in [1.29, 1.82) is 0 Å². The van der Waals surface area contributed by atoms with E-state index >= 15 is 0 Å². The molecule has 0 fully saturated rings. The monoisotopic (exact) mass is 250 g/mol. The van der Waals surface area contributed by atoms with Crippen LogP contribution in [-0.4, -0.2) is 9.78 Å². The third-order valence-corrected chi connectivity index (χ3v) is 3.61. The number of nitrogens with zero attached hydrogens (tertiary/aromatic N) is 2. The molecule has 4 heteroatoms. The van der Waals surface area contributed by atoms with E-state index < -0.39 is 3.91 Å². The summed E-state index contributed by atoms with van der Waals surface area (Å²) in [6.07, 6.45) is 1.87. The maximum atomic E-state index is 6.23. The first kappa shape index (κ1) is 10.1. The Labute approximate surface area is 86.0 Å². The zero-order chi connectivity index (χ0) is 9.35. The standard InChI is InChI=1S/C8H12BrClN2/c1-6(2)8(9,10)12-5-4-7(3)11-12/h4-6H,1-3H3. The van der Waals surface area contributed by atoms with Crippen LogP contribution in [0.5, 0.6) is 0 Å². The lowest BCUT2D eigenvalue weighted by Crippen LogP contribution is -2.26. The molecule has 1 atom stereocenters. The van der Waals surface area contributed by atoms with Crippen LogP contribution in [0.15, 0.2) is 12.3 Å². The fourth-order valence-corrected chi connectivity index (χ4v) is 1.14. The van der Waals surface area contributed by atoms with E-state index in [-0.39, 0.29) is 5.92 Å². The molecule has 0 bridgehead atoms. The van der Waals surface area contributed by atoms with Crippen molar-refractivity contribution in [2.45, 2.75) is 24.7 Å². The fourth-order valence-electron chi connectivity index (χ4n) is 0.846. The van der Waals surface area contributed by atoms with Crippen molar-refractivity contribution >= 4 is 27.5 Å². The summed E-state index contributed by atoms with van der Waals surface area (Å²) in [5.74, 6) is 0.276. The van der Waals surface area contributed by atoms with E-state index in [4.69, 9.17) is 11.6 Å². The van der Waals surface area contributed by atoms with E-state index in [9.17, 15) is 0 Å². The molecule has 0 aliphatic rings. The van der Waals surface area contributed by atoms with Gasteiger partial charge < -0.3 is 0 Å². The molecular weight excluding hydrogens is 239 g/mol. The summed E-state index contributed by atoms with van der Waals surface area (Å²) in [4.78, 5) is 0. The van der Waals surface area contributed by atoms with Crippen molar-refractivity contribution in [1.82, 2.24) is 9.78 Å². The topological polar surface area (TPSA) is 17.8 Å². The first-order chi connectivity index (χ1) is 5.44. The Bertz CT molecular complexity index is 268. The molecule has 1 heterocycles. The van der Waals surface area contributed by atoms with Gasteiger partial charge in [0.25, 0.3) is 0 Å². The molecule has 0 aromatic carbocycles. The van der Waals surface area contributed by atoms with Crippen LogP contribution < -0.4 is 0 Å². The molecule has 68 valence electrons. The van der Waals surface area contributed by atoms with Crippen molar-refractivity contribution in [3.63, 3.8) is 0 Å². The Morgan fingerprint density at radius 2 is 2.25 bits per heavy atom. The van der Waals surface area contributed by atoms with Crippen LogP contribution in [0.3, 0.4) is 0 Å². The Balaban J connectivity index is 2.97. The van der Waals surface area contributed by atoms with Gasteiger partial charge in [0.15, 0.2) is 3.91 Å². The average molecular weight is 252 g/mol. The van der Waals surface area contributed by atoms with Crippen LogP contribution in [0.25, 0.3) is 0 Å². The molecule has 1 unspecified atom stereocenters. The zero-order valence-corrected chi connectivity index (χ0v) is 9.72. The molecule has 0 aliphatic carbocycles. The van der Waals surface area contributed by atoms with Gasteiger partial charge in [-0.2, -0.15) is 5.10 Å². The van der Waals surface area contributed by atoms with Gasteiger partial charge in [-0.3, -0.25) is 0 Å². The van der Waals surface area contributed by atoms with E-state index in [1.54, 1.807) is 4.68 Å². The lowest BCUT2D eigenvalue weighted by atomic mass is 10.2. The Morgan fingerprint density at radius 3 is 2.58 bits per heavy atom. The van der Waals surface area contributed by atoms with Gasteiger partial charge in [-0.05, 0) is 28.9 Å². The summed E-state index contributed by atoms with van der Waals surface area (Å²) in [5.41, 5.74) is 0.972. The molecule has 12 heavy (non-hydrogen) atoms. The average Bonchev–Trinajstić information content (AvgIpc) is 2.35. The summed E-state index contributed by atoms with van der Waals surface area (Å²) in [7, 11) is 0. The third kappa shape index (κ3) is 1.83. The van der Waals surface area contributed by atoms with Crippen LogP contribution in [0.1, 0.15) is 19.5 Å². The fraction of sp³-hybridized carbons (Fsp3) is 0.625. The van der Waals surface area contributed by atoms with Crippen molar-refractivity contribution < 1.29 is 0 Å². The largest absolute Gasteiger partial charge is 0.241 e. The number of rotatable bonds is 2. The molecule has 2 nitrogen and oxygen atoms in total. The van der Waals surface area contributed by atoms with E-state index in [0.717, 1.165) is 5.69 Å². The highest BCUT2D eigenvalue weighted by Gasteiger charge is 2.30. The van der Waals surface area contributed by atoms with Gasteiger partial charge in [0.2, 0.25) is 0 Å². The summed E-state index contributed by atoms with van der Waals surface area (Å²) in [5, 5.41) is 4.24. The Kier molecular flexibility index (Phi) is 2.84. The summed E-state index contributed by atoms with van der Waals surface area (Å²) < 4.78 is 1.13. The molecule has 1 rings (SSSR count). The first-order valence-corrected chi connectivity index (χ1v) is 5.02. The molecular formula is C8H12BrClN2. The minimum absolute atomic E-state index is 0.276. The van der Waals surface area contributed by atoms with E-state index in [0.29, 0.717) is 0 Å². The highest BCUT2D eigenvalue weighted by Crippen LogP contribution is 2.36. The maximum absolute atomic E-state index is 6.23. The van der Waals surface area contributed by atoms with Crippen molar-refractivity contribution in [2.24, 2.45) is 5.92 Å². The van der Waals surface area contributed by atoms with Gasteiger partial charge in [-0.15, -0.1) is 0 Å². The molecule has 0 saturated heterocycles. The number of halogens is 2. The van der Waals surface area contributed by atoms with Gasteiger partial charge in [-0.25, -0.2) is 4.68 Å². The molecule has 1 aromatic heterocycles. The van der Waals surface area contributed by atoms with Crippen LogP contribution in [0, 0.1) is 12.8 Å². The number of hydrogen-bond donors (Lipinski definition) is 0. The van der Waals surface area contributed by atoms with Crippen LogP contribution in [0.2, 0.25) is 0 Å². The van der Waals surface area contributed by atoms with Crippen molar-refractivity contribution in [2.75, 3.05) is 0 Å². The van der Waals surface area contributed by atoms with Gasteiger partial charge in [0.1, 0.15) is 0 Å². The quantitative estimate of drug-likeness (QED) is 0.739. The lowest BCUT2D eigenvalue weighted by molar-refractivity contribution is 0.423. The molecule has 0 aliphatic heterocycles. The SMILES string of the molecule is Cc1ccn(C(Cl)(Br)C(C)C)n1. The maximum Gasteiger partial charge on any atom is 0.192 e.